The third kappa shape index (κ3) is 7.69. The zero-order chi connectivity index (χ0) is 34.9. The van der Waals surface area contributed by atoms with E-state index in [0.29, 0.717) is 52.2 Å². The molecule has 15 heteroatoms. The number of anilines is 2. The second-order valence-electron chi connectivity index (χ2n) is 13.2. The molecule has 258 valence electrons. The molecule has 2 aromatic carbocycles. The molecule has 0 saturated carbocycles. The minimum Gasteiger partial charge on any atom is -0.444 e. The lowest BCUT2D eigenvalue weighted by molar-refractivity contribution is -0.130. The van der Waals surface area contributed by atoms with Crippen LogP contribution < -0.4 is 31.7 Å². The summed E-state index contributed by atoms with van der Waals surface area (Å²) in [5.74, 6) is -0.767. The van der Waals surface area contributed by atoms with E-state index in [9.17, 15) is 19.2 Å². The molecular formula is C34H38Cl2N8O5. The first-order valence-corrected chi connectivity index (χ1v) is 16.9. The molecule has 3 aliphatic heterocycles. The molecule has 13 nitrogen and oxygen atoms in total. The second-order valence-corrected chi connectivity index (χ2v) is 14.0. The Bertz CT molecular complexity index is 1860. The number of hydrogen-bond donors (Lipinski definition) is 3. The summed E-state index contributed by atoms with van der Waals surface area (Å²) in [7, 11) is 0. The number of ether oxygens (including phenoxy) is 1. The number of carbonyl (C=O) groups excluding carboxylic acids is 3. The lowest BCUT2D eigenvalue weighted by atomic mass is 9.98. The zero-order valence-corrected chi connectivity index (χ0v) is 28.9. The number of hydrazine groups is 2. The van der Waals surface area contributed by atoms with Gasteiger partial charge >= 0.3 is 6.09 Å². The number of benzene rings is 2. The maximum Gasteiger partial charge on any atom is 0.410 e. The predicted molar refractivity (Wildman–Crippen MR) is 187 cm³/mol. The average molecular weight is 710 g/mol. The van der Waals surface area contributed by atoms with Crippen LogP contribution in [-0.4, -0.2) is 63.6 Å². The molecule has 1 fully saturated rings. The van der Waals surface area contributed by atoms with E-state index in [4.69, 9.17) is 32.9 Å². The van der Waals surface area contributed by atoms with Crippen molar-refractivity contribution < 1.29 is 19.1 Å². The van der Waals surface area contributed by atoms with E-state index in [-0.39, 0.29) is 24.6 Å². The van der Waals surface area contributed by atoms with Crippen LogP contribution in [0.15, 0.2) is 71.0 Å². The molecule has 2 bridgehead atoms. The van der Waals surface area contributed by atoms with Crippen molar-refractivity contribution >= 4 is 52.5 Å². The van der Waals surface area contributed by atoms with Crippen LogP contribution in [-0.2, 0) is 14.3 Å². The quantitative estimate of drug-likeness (QED) is 0.331. The van der Waals surface area contributed by atoms with E-state index >= 15 is 0 Å². The van der Waals surface area contributed by atoms with Crippen molar-refractivity contribution in [3.8, 4) is 11.3 Å². The van der Waals surface area contributed by atoms with Crippen molar-refractivity contribution in [1.82, 2.24) is 30.7 Å². The van der Waals surface area contributed by atoms with E-state index in [0.717, 1.165) is 18.4 Å². The van der Waals surface area contributed by atoms with Gasteiger partial charge < -0.3 is 10.1 Å². The van der Waals surface area contributed by atoms with Gasteiger partial charge in [-0.15, -0.1) is 5.53 Å². The molecule has 4 heterocycles. The molecular weight excluding hydrogens is 671 g/mol. The predicted octanol–water partition coefficient (Wildman–Crippen LogP) is 4.66. The molecule has 3 N–H and O–H groups in total. The van der Waals surface area contributed by atoms with E-state index in [2.05, 4.69) is 16.3 Å². The molecule has 0 spiro atoms. The van der Waals surface area contributed by atoms with Gasteiger partial charge in [0, 0.05) is 28.9 Å². The maximum absolute atomic E-state index is 13.9. The van der Waals surface area contributed by atoms with Gasteiger partial charge in [0.2, 0.25) is 11.8 Å². The highest BCUT2D eigenvalue weighted by Crippen LogP contribution is 2.34. The number of fused-ring (bicyclic) bond motifs is 4. The lowest BCUT2D eigenvalue weighted by Crippen LogP contribution is -2.63. The minimum atomic E-state index is -0.969. The number of hydrogen-bond acceptors (Lipinski definition) is 9. The number of piperazine rings is 1. The Morgan fingerprint density at radius 1 is 1.00 bits per heavy atom. The van der Waals surface area contributed by atoms with Crippen LogP contribution in [0.3, 0.4) is 0 Å². The average Bonchev–Trinajstić information content (AvgIpc) is 3.49. The molecule has 1 aromatic heterocycles. The summed E-state index contributed by atoms with van der Waals surface area (Å²) >= 11 is 12.5. The van der Waals surface area contributed by atoms with E-state index in [1.54, 1.807) is 66.9 Å². The standard InChI is InChI=1S/C34H38Cl2N8O5/c1-34(2,3)49-33(48)41-17-28-32(47)37-13-6-4-5-10-26(21-8-7-9-23(14-21)44(28)31(46)19-41)42-20-38-25(16-30(42)45)24-15-22(35)11-12-27(24)43-18-29(36)39-40-43/h7-9,11-12,14-16,18,20,26,28,39-40H,4-6,10,13,17,19H2,1-3H3,(H,37,47)/t26-,28-/m0/s1. The highest BCUT2D eigenvalue weighted by atomic mass is 35.5. The first-order chi connectivity index (χ1) is 23.4. The lowest BCUT2D eigenvalue weighted by Gasteiger charge is -2.40. The largest absolute Gasteiger partial charge is 0.444 e. The maximum atomic E-state index is 13.9. The molecule has 1 saturated heterocycles. The SMILES string of the molecule is CC(C)(C)OC(=O)N1CC(=O)N2c3cccc(c3)[C@@H](n3cnc(-c4cc(Cl)ccc4N4C=C(Cl)NN4)cc3=O)CCCCCNC(=O)[C@@H]2C1. The Morgan fingerprint density at radius 3 is 2.55 bits per heavy atom. The summed E-state index contributed by atoms with van der Waals surface area (Å²) in [6.45, 7) is 5.38. The van der Waals surface area contributed by atoms with Crippen molar-refractivity contribution in [2.45, 2.75) is 64.1 Å². The zero-order valence-electron chi connectivity index (χ0n) is 27.4. The minimum absolute atomic E-state index is 0.0263. The number of carbonyl (C=O) groups is 3. The second kappa shape index (κ2) is 14.1. The van der Waals surface area contributed by atoms with Crippen molar-refractivity contribution in [2.24, 2.45) is 0 Å². The third-order valence-electron chi connectivity index (χ3n) is 8.44. The van der Waals surface area contributed by atoms with Crippen molar-refractivity contribution in [1.29, 1.82) is 0 Å². The van der Waals surface area contributed by atoms with E-state index < -0.39 is 29.7 Å². The van der Waals surface area contributed by atoms with Crippen LogP contribution in [0, 0.1) is 0 Å². The number of rotatable bonds is 3. The van der Waals surface area contributed by atoms with Crippen LogP contribution in [0.5, 0.6) is 0 Å². The van der Waals surface area contributed by atoms with Gasteiger partial charge in [0.1, 0.15) is 23.3 Å². The van der Waals surface area contributed by atoms with Crippen molar-refractivity contribution in [2.75, 3.05) is 29.5 Å². The van der Waals surface area contributed by atoms with E-state index in [1.165, 1.54) is 22.2 Å². The van der Waals surface area contributed by atoms with Crippen LogP contribution in [0.25, 0.3) is 11.3 Å². The van der Waals surface area contributed by atoms with Gasteiger partial charge in [-0.3, -0.25) is 39.2 Å². The summed E-state index contributed by atoms with van der Waals surface area (Å²) in [5.41, 5.74) is 7.73. The molecule has 3 amide bonds. The van der Waals surface area contributed by atoms with Gasteiger partial charge in [-0.05, 0) is 69.5 Å². The molecule has 6 rings (SSSR count). The smallest absolute Gasteiger partial charge is 0.410 e. The molecule has 49 heavy (non-hydrogen) atoms. The Labute approximate surface area is 293 Å². The first-order valence-electron chi connectivity index (χ1n) is 16.1. The van der Waals surface area contributed by atoms with Gasteiger partial charge in [-0.25, -0.2) is 9.78 Å². The Balaban J connectivity index is 1.35. The number of halogens is 2. The van der Waals surface area contributed by atoms with Gasteiger partial charge in [0.05, 0.1) is 36.5 Å². The van der Waals surface area contributed by atoms with Crippen LogP contribution in [0.1, 0.15) is 58.1 Å². The summed E-state index contributed by atoms with van der Waals surface area (Å²) < 4.78 is 7.11. The fourth-order valence-electron chi connectivity index (χ4n) is 6.21. The molecule has 2 atom stereocenters. The highest BCUT2D eigenvalue weighted by molar-refractivity contribution is 6.31. The van der Waals surface area contributed by atoms with Gasteiger partial charge in [0.15, 0.2) is 0 Å². The third-order valence-corrected chi connectivity index (χ3v) is 8.87. The molecule has 0 aliphatic carbocycles. The number of nitrogens with zero attached hydrogens (tertiary/aromatic N) is 5. The van der Waals surface area contributed by atoms with E-state index in [1.807, 2.05) is 12.1 Å². The number of nitrogens with one attached hydrogen (secondary N) is 3. The summed E-state index contributed by atoms with van der Waals surface area (Å²) in [4.78, 5) is 61.4. The molecule has 3 aromatic rings. The fraction of sp³-hybridized carbons (Fsp3) is 0.382. The highest BCUT2D eigenvalue weighted by Gasteiger charge is 2.41. The number of aromatic nitrogens is 2. The Hall–Kier alpha value is -4.59. The van der Waals surface area contributed by atoms with Gasteiger partial charge in [-0.2, -0.15) is 0 Å². The topological polar surface area (TPSA) is 141 Å². The summed E-state index contributed by atoms with van der Waals surface area (Å²) in [6, 6.07) is 12.7. The normalized spacial score (nSPS) is 20.3. The summed E-state index contributed by atoms with van der Waals surface area (Å²) in [5, 5.41) is 5.49. The molecule has 0 unspecified atom stereocenters. The summed E-state index contributed by atoms with van der Waals surface area (Å²) in [6.07, 6.45) is 5.44. The number of amides is 3. The van der Waals surface area contributed by atoms with Gasteiger partial charge in [-0.1, -0.05) is 48.2 Å². The monoisotopic (exact) mass is 708 g/mol. The van der Waals surface area contributed by atoms with Crippen molar-refractivity contribution in [3.63, 3.8) is 0 Å². The Morgan fingerprint density at radius 2 is 1.82 bits per heavy atom. The van der Waals surface area contributed by atoms with Crippen LogP contribution >= 0.6 is 23.2 Å². The first kappa shape index (κ1) is 34.3. The molecule has 0 radical (unpaired) electrons. The van der Waals surface area contributed by atoms with Crippen LogP contribution in [0.2, 0.25) is 5.02 Å². The van der Waals surface area contributed by atoms with Crippen LogP contribution in [0.4, 0.5) is 16.2 Å². The fourth-order valence-corrected chi connectivity index (χ4v) is 6.52. The Kier molecular flexibility index (Phi) is 9.87. The molecule has 3 aliphatic rings. The van der Waals surface area contributed by atoms with Gasteiger partial charge in [0.25, 0.3) is 5.56 Å². The van der Waals surface area contributed by atoms with Crippen molar-refractivity contribution in [3.05, 3.63) is 87.2 Å².